The van der Waals surface area contributed by atoms with Crippen molar-refractivity contribution in [2.24, 2.45) is 0 Å². The lowest BCUT2D eigenvalue weighted by Gasteiger charge is -2.26. The van der Waals surface area contributed by atoms with Crippen LogP contribution in [0, 0.1) is 0 Å². The number of fused-ring (bicyclic) bond motifs is 2. The van der Waals surface area contributed by atoms with Crippen LogP contribution in [0.4, 0.5) is 10.5 Å². The number of amides is 3. The van der Waals surface area contributed by atoms with E-state index in [4.69, 9.17) is 4.74 Å². The smallest absolute Gasteiger partial charge is 0.322 e. The van der Waals surface area contributed by atoms with Crippen molar-refractivity contribution in [3.05, 3.63) is 48.5 Å². The Kier molecular flexibility index (Phi) is 5.65. The lowest BCUT2D eigenvalue weighted by atomic mass is 10.1. The number of H-pyrrole nitrogens is 2. The molecule has 0 unspecified atom stereocenters. The number of aromatic nitrogens is 7. The number of anilines is 1. The summed E-state index contributed by atoms with van der Waals surface area (Å²) in [6, 6.07) is 5.20. The Balaban J connectivity index is 1.33. The molecule has 37 heavy (non-hydrogen) atoms. The molecule has 5 aromatic rings. The molecule has 0 atom stereocenters. The van der Waals surface area contributed by atoms with Gasteiger partial charge in [0.05, 0.1) is 41.6 Å². The van der Waals surface area contributed by atoms with E-state index in [1.54, 1.807) is 42.8 Å². The first-order valence-corrected chi connectivity index (χ1v) is 11.6. The molecule has 0 bridgehead atoms. The van der Waals surface area contributed by atoms with Crippen LogP contribution < -0.4 is 10.6 Å². The Bertz CT molecular complexity index is 1640. The summed E-state index contributed by atoms with van der Waals surface area (Å²) >= 11 is 0. The largest absolute Gasteiger partial charge is 0.378 e. The zero-order chi connectivity index (χ0) is 25.4. The second-order valence-electron chi connectivity index (χ2n) is 8.41. The standard InChI is InChI=1S/C24H22N10O3/c1-25-23(35)16-2-3-27-21-18(16)30-22(31-21)19-17-9-14(11-28-20(17)33-32-19)13-8-15(12-26-10-13)29-24(36)34-4-6-37-7-5-34/h2-3,8-12H,4-7H2,1H3,(H,25,35)(H,29,36)(H,27,30,31)(H,28,32,33). The minimum Gasteiger partial charge on any atom is -0.378 e. The summed E-state index contributed by atoms with van der Waals surface area (Å²) in [4.78, 5) is 47.4. The zero-order valence-electron chi connectivity index (χ0n) is 19.8. The van der Waals surface area contributed by atoms with E-state index < -0.39 is 0 Å². The van der Waals surface area contributed by atoms with E-state index in [0.717, 1.165) is 16.5 Å². The summed E-state index contributed by atoms with van der Waals surface area (Å²) in [5, 5.41) is 13.5. The van der Waals surface area contributed by atoms with Crippen molar-refractivity contribution in [3.8, 4) is 22.6 Å². The van der Waals surface area contributed by atoms with E-state index in [1.165, 1.54) is 0 Å². The maximum Gasteiger partial charge on any atom is 0.322 e. The Morgan fingerprint density at radius 3 is 2.73 bits per heavy atom. The molecule has 6 heterocycles. The number of imidazole rings is 1. The first-order chi connectivity index (χ1) is 18.1. The second-order valence-corrected chi connectivity index (χ2v) is 8.41. The van der Waals surface area contributed by atoms with Crippen molar-refractivity contribution in [1.82, 2.24) is 45.3 Å². The number of hydrogen-bond donors (Lipinski definition) is 4. The average Bonchev–Trinajstić information content (AvgIpc) is 3.57. The van der Waals surface area contributed by atoms with Gasteiger partial charge in [0.2, 0.25) is 0 Å². The Morgan fingerprint density at radius 2 is 1.89 bits per heavy atom. The van der Waals surface area contributed by atoms with Gasteiger partial charge in [-0.2, -0.15) is 5.10 Å². The van der Waals surface area contributed by atoms with Crippen molar-refractivity contribution in [3.63, 3.8) is 0 Å². The highest BCUT2D eigenvalue weighted by atomic mass is 16.5. The number of carbonyl (C=O) groups is 2. The SMILES string of the molecule is CNC(=O)c1ccnc2nc(-c3[nH]nc4ncc(-c5cncc(NC(=O)N6CCOCC6)c5)cc34)[nH]c12. The summed E-state index contributed by atoms with van der Waals surface area (Å²) in [7, 11) is 1.57. The average molecular weight is 499 g/mol. The van der Waals surface area contributed by atoms with Gasteiger partial charge in [-0.3, -0.25) is 14.9 Å². The summed E-state index contributed by atoms with van der Waals surface area (Å²) in [6.07, 6.45) is 6.54. The molecule has 5 aromatic heterocycles. The molecule has 0 saturated carbocycles. The quantitative estimate of drug-likeness (QED) is 0.292. The van der Waals surface area contributed by atoms with Gasteiger partial charge in [-0.25, -0.2) is 19.7 Å². The third-order valence-electron chi connectivity index (χ3n) is 6.13. The molecule has 1 aliphatic heterocycles. The molecule has 0 radical (unpaired) electrons. The molecule has 6 rings (SSSR count). The van der Waals surface area contributed by atoms with Gasteiger partial charge in [0.25, 0.3) is 5.91 Å². The van der Waals surface area contributed by atoms with Gasteiger partial charge in [-0.1, -0.05) is 0 Å². The molecule has 1 aliphatic rings. The van der Waals surface area contributed by atoms with E-state index in [2.05, 4.69) is 45.8 Å². The fourth-order valence-electron chi connectivity index (χ4n) is 4.23. The molecule has 0 aliphatic carbocycles. The number of carbonyl (C=O) groups excluding carboxylic acids is 2. The van der Waals surface area contributed by atoms with Crippen LogP contribution in [0.2, 0.25) is 0 Å². The number of urea groups is 1. The Hall–Kier alpha value is -4.91. The summed E-state index contributed by atoms with van der Waals surface area (Å²) in [5.41, 5.74) is 4.62. The van der Waals surface area contributed by atoms with Gasteiger partial charge >= 0.3 is 6.03 Å². The number of ether oxygens (including phenoxy) is 1. The first-order valence-electron chi connectivity index (χ1n) is 11.6. The predicted octanol–water partition coefficient (Wildman–Crippen LogP) is 2.18. The fraction of sp³-hybridized carbons (Fsp3) is 0.208. The number of aromatic amines is 2. The Morgan fingerprint density at radius 1 is 1.05 bits per heavy atom. The Labute approximate surface area is 209 Å². The summed E-state index contributed by atoms with van der Waals surface area (Å²) < 4.78 is 5.31. The van der Waals surface area contributed by atoms with Gasteiger partial charge in [-0.15, -0.1) is 0 Å². The zero-order valence-corrected chi connectivity index (χ0v) is 19.8. The highest BCUT2D eigenvalue weighted by molar-refractivity contribution is 6.05. The van der Waals surface area contributed by atoms with Gasteiger partial charge < -0.3 is 25.3 Å². The number of nitrogens with zero attached hydrogens (tertiary/aromatic N) is 6. The number of hydrogen-bond acceptors (Lipinski definition) is 8. The molecule has 4 N–H and O–H groups in total. The number of morpholine rings is 1. The van der Waals surface area contributed by atoms with Crippen LogP contribution in [0.25, 0.3) is 44.8 Å². The summed E-state index contributed by atoms with van der Waals surface area (Å²) in [5.74, 6) is 0.235. The van der Waals surface area contributed by atoms with E-state index in [1.807, 2.05) is 12.1 Å². The lowest BCUT2D eigenvalue weighted by molar-refractivity contribution is 0.0564. The molecule has 1 saturated heterocycles. The topological polar surface area (TPSA) is 167 Å². The van der Waals surface area contributed by atoms with E-state index >= 15 is 0 Å². The van der Waals surface area contributed by atoms with Crippen LogP contribution in [-0.2, 0) is 4.74 Å². The van der Waals surface area contributed by atoms with Gasteiger partial charge in [-0.05, 0) is 18.2 Å². The van der Waals surface area contributed by atoms with Crippen LogP contribution in [0.1, 0.15) is 10.4 Å². The van der Waals surface area contributed by atoms with E-state index in [9.17, 15) is 9.59 Å². The summed E-state index contributed by atoms with van der Waals surface area (Å²) in [6.45, 7) is 2.15. The molecule has 13 nitrogen and oxygen atoms in total. The van der Waals surface area contributed by atoms with E-state index in [0.29, 0.717) is 65.9 Å². The molecule has 0 spiro atoms. The monoisotopic (exact) mass is 498 g/mol. The first kappa shape index (κ1) is 22.5. The number of rotatable bonds is 4. The predicted molar refractivity (Wildman–Crippen MR) is 135 cm³/mol. The maximum absolute atomic E-state index is 12.6. The second kappa shape index (κ2) is 9.28. The molecule has 0 aromatic carbocycles. The van der Waals surface area contributed by atoms with Gasteiger partial charge in [0.15, 0.2) is 17.1 Å². The minimum atomic E-state index is -0.242. The van der Waals surface area contributed by atoms with Gasteiger partial charge in [0, 0.05) is 49.9 Å². The van der Waals surface area contributed by atoms with Crippen molar-refractivity contribution in [2.45, 2.75) is 0 Å². The highest BCUT2D eigenvalue weighted by Crippen LogP contribution is 2.30. The third kappa shape index (κ3) is 4.21. The van der Waals surface area contributed by atoms with Crippen molar-refractivity contribution >= 4 is 39.8 Å². The molecule has 186 valence electrons. The van der Waals surface area contributed by atoms with Crippen molar-refractivity contribution < 1.29 is 14.3 Å². The molecule has 13 heteroatoms. The minimum absolute atomic E-state index is 0.192. The fourth-order valence-corrected chi connectivity index (χ4v) is 4.23. The van der Waals surface area contributed by atoms with Crippen molar-refractivity contribution in [2.75, 3.05) is 38.7 Å². The van der Waals surface area contributed by atoms with Crippen LogP contribution in [0.3, 0.4) is 0 Å². The highest BCUT2D eigenvalue weighted by Gasteiger charge is 2.19. The number of nitrogens with one attached hydrogen (secondary N) is 4. The van der Waals surface area contributed by atoms with Crippen LogP contribution >= 0.6 is 0 Å². The van der Waals surface area contributed by atoms with Crippen LogP contribution in [-0.4, -0.2) is 85.3 Å². The van der Waals surface area contributed by atoms with Crippen molar-refractivity contribution in [1.29, 1.82) is 0 Å². The molecule has 3 amide bonds. The van der Waals surface area contributed by atoms with Gasteiger partial charge in [0.1, 0.15) is 5.69 Å². The number of pyridine rings is 3. The van der Waals surface area contributed by atoms with E-state index in [-0.39, 0.29) is 11.9 Å². The third-order valence-corrected chi connectivity index (χ3v) is 6.13. The normalized spacial score (nSPS) is 13.7. The van der Waals surface area contributed by atoms with Crippen LogP contribution in [0.15, 0.2) is 43.0 Å². The molecular weight excluding hydrogens is 476 g/mol. The van der Waals surface area contributed by atoms with Crippen LogP contribution in [0.5, 0.6) is 0 Å². The lowest BCUT2D eigenvalue weighted by Crippen LogP contribution is -2.43. The maximum atomic E-state index is 12.6. The molecule has 1 fully saturated rings. The molecular formula is C24H22N10O3.